The lowest BCUT2D eigenvalue weighted by molar-refractivity contribution is 0.379. The molecule has 1 aliphatic rings. The first-order valence-electron chi connectivity index (χ1n) is 7.76. The largest absolute Gasteiger partial charge is 0.243 e. The number of unbranched alkanes of at least 4 members (excludes halogenated alkanes) is 1. The molecule has 1 aliphatic heterocycles. The Balaban J connectivity index is 2.19. The third-order valence-corrected chi connectivity index (χ3v) is 7.19. The highest BCUT2D eigenvalue weighted by atomic mass is 35.5. The van der Waals surface area contributed by atoms with Crippen LogP contribution in [-0.4, -0.2) is 37.1 Å². The van der Waals surface area contributed by atoms with Crippen LogP contribution in [0.4, 0.5) is 0 Å². The van der Waals surface area contributed by atoms with Crippen LogP contribution in [0.1, 0.15) is 26.2 Å². The number of halogens is 2. The molecule has 3 nitrogen and oxygen atoms in total. The number of hydrogen-bond acceptors (Lipinski definition) is 2. The average Bonchev–Trinajstić information content (AvgIpc) is 2.98. The highest BCUT2D eigenvalue weighted by molar-refractivity contribution is 7.89. The van der Waals surface area contributed by atoms with E-state index in [9.17, 15) is 8.42 Å². The van der Waals surface area contributed by atoms with Gasteiger partial charge in [-0.25, -0.2) is 8.42 Å². The van der Waals surface area contributed by atoms with E-state index in [1.165, 1.54) is 0 Å². The van der Waals surface area contributed by atoms with Crippen molar-refractivity contribution in [2.75, 3.05) is 19.0 Å². The maximum Gasteiger partial charge on any atom is 0.243 e. The third-order valence-electron chi connectivity index (χ3n) is 4.38. The molecule has 0 bridgehead atoms. The van der Waals surface area contributed by atoms with Gasteiger partial charge in [0.25, 0.3) is 0 Å². The lowest BCUT2D eigenvalue weighted by atomic mass is 9.89. The summed E-state index contributed by atoms with van der Waals surface area (Å²) in [5, 5.41) is -0.181. The van der Waals surface area contributed by atoms with Crippen molar-refractivity contribution in [3.8, 4) is 0 Å². The fourth-order valence-electron chi connectivity index (χ4n) is 3.09. The smallest absolute Gasteiger partial charge is 0.207 e. The van der Waals surface area contributed by atoms with Gasteiger partial charge in [-0.05, 0) is 30.4 Å². The minimum Gasteiger partial charge on any atom is -0.207 e. The van der Waals surface area contributed by atoms with Gasteiger partial charge in [-0.2, -0.15) is 4.31 Å². The summed E-state index contributed by atoms with van der Waals surface area (Å²) in [6.45, 7) is 3.15. The van der Waals surface area contributed by atoms with E-state index in [2.05, 4.69) is 6.92 Å². The Bertz CT molecular complexity index is 565. The summed E-state index contributed by atoms with van der Waals surface area (Å²) in [5.41, 5.74) is 0. The molecule has 0 aromatic heterocycles. The van der Waals surface area contributed by atoms with Crippen LogP contribution in [0.15, 0.2) is 35.2 Å². The van der Waals surface area contributed by atoms with Gasteiger partial charge in [0.2, 0.25) is 10.0 Å². The molecule has 0 saturated carbocycles. The van der Waals surface area contributed by atoms with Crippen LogP contribution >= 0.6 is 23.2 Å². The topological polar surface area (TPSA) is 37.4 Å². The zero-order valence-corrected chi connectivity index (χ0v) is 15.1. The van der Waals surface area contributed by atoms with Crippen molar-refractivity contribution in [3.63, 3.8) is 0 Å². The minimum atomic E-state index is -3.44. The number of hydrogen-bond donors (Lipinski definition) is 0. The molecule has 22 heavy (non-hydrogen) atoms. The Morgan fingerprint density at radius 3 is 2.55 bits per heavy atom. The summed E-state index contributed by atoms with van der Waals surface area (Å²) in [7, 11) is -3.44. The monoisotopic (exact) mass is 363 g/mol. The predicted molar refractivity (Wildman–Crippen MR) is 92.1 cm³/mol. The quantitative estimate of drug-likeness (QED) is 0.687. The molecule has 124 valence electrons. The van der Waals surface area contributed by atoms with Crippen molar-refractivity contribution < 1.29 is 8.42 Å². The molecule has 6 heteroatoms. The summed E-state index contributed by atoms with van der Waals surface area (Å²) in [4.78, 5) is 0.349. The lowest BCUT2D eigenvalue weighted by Gasteiger charge is -2.21. The van der Waals surface area contributed by atoms with E-state index in [0.717, 1.165) is 19.3 Å². The van der Waals surface area contributed by atoms with E-state index >= 15 is 0 Å². The van der Waals surface area contributed by atoms with Gasteiger partial charge < -0.3 is 0 Å². The Labute approximate surface area is 143 Å². The van der Waals surface area contributed by atoms with E-state index in [0.29, 0.717) is 29.8 Å². The second-order valence-electron chi connectivity index (χ2n) is 5.87. The molecule has 0 N–H and O–H groups in total. The van der Waals surface area contributed by atoms with Crippen LogP contribution in [0.25, 0.3) is 0 Å². The summed E-state index contributed by atoms with van der Waals surface area (Å²) in [6.07, 6.45) is 3.19. The molecule has 3 atom stereocenters. The van der Waals surface area contributed by atoms with Gasteiger partial charge in [-0.1, -0.05) is 38.0 Å². The van der Waals surface area contributed by atoms with Crippen molar-refractivity contribution in [1.82, 2.24) is 4.31 Å². The van der Waals surface area contributed by atoms with Gasteiger partial charge in [-0.15, -0.1) is 23.2 Å². The van der Waals surface area contributed by atoms with Gasteiger partial charge in [0.05, 0.1) is 10.3 Å². The molecule has 1 fully saturated rings. The van der Waals surface area contributed by atoms with Gasteiger partial charge in [-0.3, -0.25) is 0 Å². The first-order valence-corrected chi connectivity index (χ1v) is 10.2. The summed E-state index contributed by atoms with van der Waals surface area (Å²) in [5.74, 6) is 0.775. The van der Waals surface area contributed by atoms with E-state index in [1.54, 1.807) is 28.6 Å². The molecule has 0 aliphatic carbocycles. The van der Waals surface area contributed by atoms with E-state index < -0.39 is 10.0 Å². The van der Waals surface area contributed by atoms with Crippen LogP contribution in [0.3, 0.4) is 0 Å². The molecule has 3 unspecified atom stereocenters. The molecule has 1 aromatic rings. The van der Waals surface area contributed by atoms with Crippen molar-refractivity contribution in [3.05, 3.63) is 30.3 Å². The summed E-state index contributed by atoms with van der Waals surface area (Å²) >= 11 is 12.3. The number of alkyl halides is 2. The number of benzene rings is 1. The van der Waals surface area contributed by atoms with Crippen LogP contribution in [0.5, 0.6) is 0 Å². The molecule has 0 spiro atoms. The molecule has 1 saturated heterocycles. The first-order chi connectivity index (χ1) is 10.5. The Morgan fingerprint density at radius 1 is 1.27 bits per heavy atom. The van der Waals surface area contributed by atoms with Crippen LogP contribution in [0.2, 0.25) is 0 Å². The van der Waals surface area contributed by atoms with Crippen molar-refractivity contribution >= 4 is 33.2 Å². The molecule has 0 radical (unpaired) electrons. The maximum atomic E-state index is 12.8. The van der Waals surface area contributed by atoms with Crippen LogP contribution < -0.4 is 0 Å². The fraction of sp³-hybridized carbons (Fsp3) is 0.625. The maximum absolute atomic E-state index is 12.8. The fourth-order valence-corrected chi connectivity index (χ4v) is 5.16. The van der Waals surface area contributed by atoms with E-state index in [1.807, 2.05) is 6.07 Å². The second-order valence-corrected chi connectivity index (χ2v) is 8.68. The Morgan fingerprint density at radius 2 is 1.95 bits per heavy atom. The van der Waals surface area contributed by atoms with Crippen molar-refractivity contribution in [2.24, 2.45) is 11.8 Å². The molecular formula is C16H23Cl2NO2S. The van der Waals surface area contributed by atoms with Crippen LogP contribution in [-0.2, 0) is 10.0 Å². The molecule has 1 heterocycles. The van der Waals surface area contributed by atoms with Gasteiger partial charge in [0.1, 0.15) is 0 Å². The van der Waals surface area contributed by atoms with Gasteiger partial charge in [0.15, 0.2) is 0 Å². The number of rotatable bonds is 7. The standard InChI is InChI=1S/C16H23Cl2NO2S/c1-2-3-7-13-11-19(12-15(13)16(18)10-17)22(20,21)14-8-5-4-6-9-14/h4-6,8-9,13,15-16H,2-3,7,10-12H2,1H3. The zero-order chi connectivity index (χ0) is 16.2. The number of sulfonamides is 1. The number of nitrogens with zero attached hydrogens (tertiary/aromatic N) is 1. The first kappa shape index (κ1) is 18.1. The minimum absolute atomic E-state index is 0.129. The zero-order valence-electron chi connectivity index (χ0n) is 12.8. The third kappa shape index (κ3) is 3.97. The van der Waals surface area contributed by atoms with Crippen molar-refractivity contribution in [2.45, 2.75) is 36.5 Å². The summed E-state index contributed by atoms with van der Waals surface area (Å²) < 4.78 is 27.1. The Kier molecular flexibility index (Phi) is 6.57. The highest BCUT2D eigenvalue weighted by Crippen LogP contribution is 2.36. The van der Waals surface area contributed by atoms with Gasteiger partial charge >= 0.3 is 0 Å². The van der Waals surface area contributed by atoms with Crippen molar-refractivity contribution in [1.29, 1.82) is 0 Å². The second kappa shape index (κ2) is 8.00. The van der Waals surface area contributed by atoms with E-state index in [4.69, 9.17) is 23.2 Å². The highest BCUT2D eigenvalue weighted by Gasteiger charge is 2.41. The lowest BCUT2D eigenvalue weighted by Crippen LogP contribution is -2.30. The van der Waals surface area contributed by atoms with Crippen LogP contribution in [0, 0.1) is 11.8 Å². The molecule has 0 amide bonds. The SMILES string of the molecule is CCCCC1CN(S(=O)(=O)c2ccccc2)CC1C(Cl)CCl. The van der Waals surface area contributed by atoms with E-state index in [-0.39, 0.29) is 11.3 Å². The normalized spacial score (nSPS) is 24.5. The summed E-state index contributed by atoms with van der Waals surface area (Å²) in [6, 6.07) is 8.60. The molecule has 2 rings (SSSR count). The molecular weight excluding hydrogens is 341 g/mol. The Hall–Kier alpha value is -0.290. The average molecular weight is 364 g/mol. The predicted octanol–water partition coefficient (Wildman–Crippen LogP) is 3.96. The van der Waals surface area contributed by atoms with Gasteiger partial charge in [0, 0.05) is 19.0 Å². The molecule has 1 aromatic carbocycles.